The summed E-state index contributed by atoms with van der Waals surface area (Å²) >= 11 is 0. The number of phenols is 2. The zero-order valence-corrected chi connectivity index (χ0v) is 11.0. The highest BCUT2D eigenvalue weighted by molar-refractivity contribution is 5.44. The Bertz CT molecular complexity index is 491. The topological polar surface area (TPSA) is 70.3 Å². The molecule has 2 aromatic rings. The first-order chi connectivity index (χ1) is 9.18. The van der Waals surface area contributed by atoms with Crippen molar-refractivity contribution in [3.63, 3.8) is 0 Å². The number of nitrogens with zero attached hydrogens (tertiary/aromatic N) is 2. The summed E-state index contributed by atoms with van der Waals surface area (Å²) in [5.41, 5.74) is 0.543. The van der Waals surface area contributed by atoms with Gasteiger partial charge in [0.1, 0.15) is 11.5 Å². The van der Waals surface area contributed by atoms with E-state index in [4.69, 9.17) is 0 Å². The molecule has 1 aromatic heterocycles. The van der Waals surface area contributed by atoms with E-state index in [9.17, 15) is 10.2 Å². The molecule has 1 heterocycles. The molecule has 0 saturated carbocycles. The molecular formula is C14H19N3O2. The predicted octanol–water partition coefficient (Wildman–Crippen LogP) is 2.04. The third-order valence-corrected chi connectivity index (χ3v) is 3.07. The average molecular weight is 261 g/mol. The van der Waals surface area contributed by atoms with Gasteiger partial charge in [-0.25, -0.2) is 0 Å². The fourth-order valence-electron chi connectivity index (χ4n) is 2.08. The van der Waals surface area contributed by atoms with Gasteiger partial charge in [-0.2, -0.15) is 5.10 Å². The first-order valence-electron chi connectivity index (χ1n) is 6.40. The Balaban J connectivity index is 1.82. The zero-order valence-electron chi connectivity index (χ0n) is 11.0. The van der Waals surface area contributed by atoms with Crippen LogP contribution in [-0.4, -0.2) is 26.5 Å². The molecule has 0 spiro atoms. The Labute approximate surface area is 112 Å². The summed E-state index contributed by atoms with van der Waals surface area (Å²) in [5.74, 6) is 0.235. The number of benzene rings is 1. The van der Waals surface area contributed by atoms with Crippen molar-refractivity contribution in [1.29, 1.82) is 0 Å². The second kappa shape index (κ2) is 6.24. The molecular weight excluding hydrogens is 242 g/mol. The smallest absolute Gasteiger partial charge is 0.124 e. The molecule has 1 unspecified atom stereocenters. The summed E-state index contributed by atoms with van der Waals surface area (Å²) in [4.78, 5) is 0. The van der Waals surface area contributed by atoms with Crippen LogP contribution in [0.1, 0.15) is 24.9 Å². The van der Waals surface area contributed by atoms with Crippen molar-refractivity contribution in [3.05, 3.63) is 42.2 Å². The lowest BCUT2D eigenvalue weighted by Crippen LogP contribution is -2.21. The lowest BCUT2D eigenvalue weighted by molar-refractivity contribution is 0.415. The first kappa shape index (κ1) is 13.4. The molecule has 0 saturated heterocycles. The molecule has 3 N–H and O–H groups in total. The van der Waals surface area contributed by atoms with E-state index < -0.39 is 0 Å². The molecule has 0 bridgehead atoms. The van der Waals surface area contributed by atoms with Crippen LogP contribution in [0.4, 0.5) is 0 Å². The van der Waals surface area contributed by atoms with Crippen LogP contribution in [0.2, 0.25) is 0 Å². The van der Waals surface area contributed by atoms with Gasteiger partial charge in [-0.05, 0) is 38.1 Å². The van der Waals surface area contributed by atoms with Crippen LogP contribution in [0.3, 0.4) is 0 Å². The largest absolute Gasteiger partial charge is 0.507 e. The Morgan fingerprint density at radius 1 is 1.26 bits per heavy atom. The lowest BCUT2D eigenvalue weighted by Gasteiger charge is -2.16. The third-order valence-electron chi connectivity index (χ3n) is 3.07. The number of aromatic hydroxyl groups is 2. The standard InChI is InChI=1S/C14H19N3O2/c1-11(14-12(18)5-2-6-13(14)19)15-7-3-9-17-10-4-8-16-17/h2,4-6,8,10-11,15,18-19H,3,7,9H2,1H3. The van der Waals surface area contributed by atoms with Crippen LogP contribution in [0.25, 0.3) is 0 Å². The highest BCUT2D eigenvalue weighted by atomic mass is 16.3. The minimum absolute atomic E-state index is 0.0983. The molecule has 102 valence electrons. The van der Waals surface area contributed by atoms with Crippen molar-refractivity contribution in [3.8, 4) is 11.5 Å². The number of hydrogen-bond acceptors (Lipinski definition) is 4. The first-order valence-corrected chi connectivity index (χ1v) is 6.40. The van der Waals surface area contributed by atoms with Gasteiger partial charge in [-0.15, -0.1) is 0 Å². The van der Waals surface area contributed by atoms with Crippen LogP contribution in [0, 0.1) is 0 Å². The van der Waals surface area contributed by atoms with Gasteiger partial charge < -0.3 is 15.5 Å². The summed E-state index contributed by atoms with van der Waals surface area (Å²) in [6.07, 6.45) is 4.62. The Morgan fingerprint density at radius 3 is 2.63 bits per heavy atom. The minimum atomic E-state index is -0.0983. The SMILES string of the molecule is CC(NCCCn1cccn1)c1c(O)cccc1O. The van der Waals surface area contributed by atoms with Crippen molar-refractivity contribution in [2.45, 2.75) is 25.9 Å². The maximum absolute atomic E-state index is 9.75. The van der Waals surface area contributed by atoms with Gasteiger partial charge in [0.25, 0.3) is 0 Å². The van der Waals surface area contributed by atoms with Crippen LogP contribution < -0.4 is 5.32 Å². The van der Waals surface area contributed by atoms with Crippen molar-refractivity contribution < 1.29 is 10.2 Å². The van der Waals surface area contributed by atoms with Crippen LogP contribution in [0.5, 0.6) is 11.5 Å². The maximum Gasteiger partial charge on any atom is 0.124 e. The highest BCUT2D eigenvalue weighted by Gasteiger charge is 2.13. The molecule has 0 aliphatic heterocycles. The quantitative estimate of drug-likeness (QED) is 0.696. The van der Waals surface area contributed by atoms with Crippen molar-refractivity contribution in [2.24, 2.45) is 0 Å². The predicted molar refractivity (Wildman–Crippen MR) is 73.0 cm³/mol. The highest BCUT2D eigenvalue weighted by Crippen LogP contribution is 2.31. The second-order valence-corrected chi connectivity index (χ2v) is 4.51. The van der Waals surface area contributed by atoms with Gasteiger partial charge in [0.2, 0.25) is 0 Å². The van der Waals surface area contributed by atoms with E-state index in [-0.39, 0.29) is 17.5 Å². The number of nitrogens with one attached hydrogen (secondary N) is 1. The summed E-state index contributed by atoms with van der Waals surface area (Å²) < 4.78 is 1.88. The molecule has 5 nitrogen and oxygen atoms in total. The Morgan fingerprint density at radius 2 is 2.00 bits per heavy atom. The fraction of sp³-hybridized carbons (Fsp3) is 0.357. The molecule has 1 atom stereocenters. The van der Waals surface area contributed by atoms with E-state index >= 15 is 0 Å². The van der Waals surface area contributed by atoms with Gasteiger partial charge in [0.15, 0.2) is 0 Å². The van der Waals surface area contributed by atoms with E-state index in [0.29, 0.717) is 5.56 Å². The van der Waals surface area contributed by atoms with E-state index in [1.807, 2.05) is 23.9 Å². The summed E-state index contributed by atoms with van der Waals surface area (Å²) in [7, 11) is 0. The van der Waals surface area contributed by atoms with Gasteiger partial charge in [0.05, 0.1) is 5.56 Å². The molecule has 0 amide bonds. The van der Waals surface area contributed by atoms with Gasteiger partial charge in [0, 0.05) is 25.0 Å². The third kappa shape index (κ3) is 3.48. The monoisotopic (exact) mass is 261 g/mol. The van der Waals surface area contributed by atoms with E-state index in [2.05, 4.69) is 10.4 Å². The molecule has 5 heteroatoms. The van der Waals surface area contributed by atoms with Crippen molar-refractivity contribution in [1.82, 2.24) is 15.1 Å². The van der Waals surface area contributed by atoms with Gasteiger partial charge in [-0.3, -0.25) is 4.68 Å². The fourth-order valence-corrected chi connectivity index (χ4v) is 2.08. The van der Waals surface area contributed by atoms with Gasteiger partial charge in [-0.1, -0.05) is 6.07 Å². The molecule has 19 heavy (non-hydrogen) atoms. The van der Waals surface area contributed by atoms with Gasteiger partial charge >= 0.3 is 0 Å². The second-order valence-electron chi connectivity index (χ2n) is 4.51. The van der Waals surface area contributed by atoms with E-state index in [1.165, 1.54) is 0 Å². The molecule has 2 rings (SSSR count). The summed E-state index contributed by atoms with van der Waals surface area (Å²) in [5, 5.41) is 26.9. The molecule has 0 fully saturated rings. The molecule has 1 aromatic carbocycles. The van der Waals surface area contributed by atoms with E-state index in [1.54, 1.807) is 24.4 Å². The number of aromatic nitrogens is 2. The molecule has 0 radical (unpaired) electrons. The maximum atomic E-state index is 9.75. The van der Waals surface area contributed by atoms with E-state index in [0.717, 1.165) is 19.5 Å². The number of hydrogen-bond donors (Lipinski definition) is 3. The summed E-state index contributed by atoms with van der Waals surface area (Å²) in [6, 6.07) is 6.58. The lowest BCUT2D eigenvalue weighted by atomic mass is 10.1. The van der Waals surface area contributed by atoms with Crippen LogP contribution in [0.15, 0.2) is 36.7 Å². The normalized spacial score (nSPS) is 12.5. The van der Waals surface area contributed by atoms with Crippen molar-refractivity contribution in [2.75, 3.05) is 6.54 Å². The number of rotatable bonds is 6. The zero-order chi connectivity index (χ0) is 13.7. The van der Waals surface area contributed by atoms with Crippen LogP contribution >= 0.6 is 0 Å². The number of phenolic OH excluding ortho intramolecular Hbond substituents is 2. The molecule has 0 aliphatic rings. The number of aryl methyl sites for hydroxylation is 1. The Kier molecular flexibility index (Phi) is 4.41. The summed E-state index contributed by atoms with van der Waals surface area (Å²) in [6.45, 7) is 3.55. The van der Waals surface area contributed by atoms with Crippen molar-refractivity contribution >= 4 is 0 Å². The Hall–Kier alpha value is -2.01. The minimum Gasteiger partial charge on any atom is -0.507 e. The average Bonchev–Trinajstić information content (AvgIpc) is 2.87. The molecule has 0 aliphatic carbocycles. The van der Waals surface area contributed by atoms with Crippen LogP contribution in [-0.2, 0) is 6.54 Å².